The predicted octanol–water partition coefficient (Wildman–Crippen LogP) is -0.915. The van der Waals surface area contributed by atoms with Gasteiger partial charge in [-0.2, -0.15) is 5.10 Å². The number of carbonyl (C=O) groups excluding carboxylic acids is 1. The Balaban J connectivity index is 1.72. The van der Waals surface area contributed by atoms with Crippen LogP contribution in [0, 0.1) is 0 Å². The third kappa shape index (κ3) is 4.08. The van der Waals surface area contributed by atoms with Gasteiger partial charge in [-0.3, -0.25) is 9.89 Å². The zero-order valence-corrected chi connectivity index (χ0v) is 10.4. The van der Waals surface area contributed by atoms with Crippen molar-refractivity contribution in [2.24, 2.45) is 0 Å². The van der Waals surface area contributed by atoms with Crippen LogP contribution in [0.5, 0.6) is 0 Å². The molecule has 0 spiro atoms. The van der Waals surface area contributed by atoms with E-state index in [9.17, 15) is 9.59 Å². The molecule has 4 N–H and O–H groups in total. The Morgan fingerprint density at radius 1 is 1.35 bits per heavy atom. The Kier molecular flexibility index (Phi) is 4.27. The van der Waals surface area contributed by atoms with Crippen molar-refractivity contribution in [1.82, 2.24) is 35.8 Å². The van der Waals surface area contributed by atoms with Crippen LogP contribution in [-0.4, -0.2) is 42.3 Å². The van der Waals surface area contributed by atoms with Gasteiger partial charge in [-0.15, -0.1) is 5.10 Å². The number of hydrogen-bond acceptors (Lipinski definition) is 5. The Bertz CT molecular complexity index is 577. The van der Waals surface area contributed by atoms with E-state index >= 15 is 0 Å². The first-order valence-corrected chi connectivity index (χ1v) is 5.73. The maximum atomic E-state index is 11.5. The van der Waals surface area contributed by atoms with E-state index in [1.54, 1.807) is 12.4 Å². The fourth-order valence-electron chi connectivity index (χ4n) is 1.43. The lowest BCUT2D eigenvalue weighted by molar-refractivity contribution is -0.137. The largest absolute Gasteiger partial charge is 0.480 e. The van der Waals surface area contributed by atoms with Gasteiger partial charge in [-0.25, -0.2) is 9.48 Å². The van der Waals surface area contributed by atoms with Gasteiger partial charge >= 0.3 is 12.0 Å². The molecule has 0 fully saturated rings. The number of aliphatic carboxylic acids is 1. The highest BCUT2D eigenvalue weighted by Gasteiger charge is 2.06. The minimum Gasteiger partial charge on any atom is -0.480 e. The lowest BCUT2D eigenvalue weighted by atomic mass is 10.4. The summed E-state index contributed by atoms with van der Waals surface area (Å²) in [7, 11) is 0. The summed E-state index contributed by atoms with van der Waals surface area (Å²) in [6.07, 6.45) is 4.75. The molecule has 2 aromatic heterocycles. The first-order chi connectivity index (χ1) is 9.63. The number of carboxylic acid groups (broad SMARTS) is 1. The molecular weight excluding hydrogens is 266 g/mol. The van der Waals surface area contributed by atoms with Crippen molar-refractivity contribution >= 4 is 12.0 Å². The molecule has 0 atom stereocenters. The maximum Gasteiger partial charge on any atom is 0.325 e. The van der Waals surface area contributed by atoms with Crippen LogP contribution < -0.4 is 10.6 Å². The Morgan fingerprint density at radius 3 is 2.85 bits per heavy atom. The molecule has 0 unspecified atom stereocenters. The van der Waals surface area contributed by atoms with Gasteiger partial charge in [-0.1, -0.05) is 5.21 Å². The first kappa shape index (κ1) is 13.5. The highest BCUT2D eigenvalue weighted by atomic mass is 16.4. The van der Waals surface area contributed by atoms with Crippen LogP contribution in [0.1, 0.15) is 11.3 Å². The highest BCUT2D eigenvalue weighted by molar-refractivity contribution is 5.73. The zero-order chi connectivity index (χ0) is 14.4. The molecule has 0 saturated carbocycles. The van der Waals surface area contributed by atoms with Gasteiger partial charge < -0.3 is 15.7 Å². The van der Waals surface area contributed by atoms with Crippen LogP contribution in [0.2, 0.25) is 0 Å². The maximum absolute atomic E-state index is 11.5. The van der Waals surface area contributed by atoms with Crippen molar-refractivity contribution in [3.05, 3.63) is 29.8 Å². The van der Waals surface area contributed by atoms with Gasteiger partial charge in [0.15, 0.2) is 0 Å². The summed E-state index contributed by atoms with van der Waals surface area (Å²) < 4.78 is 1.18. The van der Waals surface area contributed by atoms with Crippen LogP contribution in [0.3, 0.4) is 0 Å². The molecule has 10 nitrogen and oxygen atoms in total. The standard InChI is InChI=1S/C10H13N7O3/c18-9(19)6-17-5-8(15-16-17)4-12-10(20)11-1-7-2-13-14-3-7/h2-3,5H,1,4,6H2,(H,13,14)(H,18,19)(H2,11,12,20). The van der Waals surface area contributed by atoms with Crippen molar-refractivity contribution in [1.29, 1.82) is 0 Å². The quantitative estimate of drug-likeness (QED) is 0.540. The van der Waals surface area contributed by atoms with E-state index in [1.165, 1.54) is 10.9 Å². The molecule has 2 heterocycles. The number of nitrogens with one attached hydrogen (secondary N) is 3. The number of rotatable bonds is 6. The summed E-state index contributed by atoms with van der Waals surface area (Å²) in [6, 6.07) is -0.362. The molecular formula is C10H13N7O3. The SMILES string of the molecule is O=C(O)Cn1cc(CNC(=O)NCc2cn[nH]c2)nn1. The highest BCUT2D eigenvalue weighted by Crippen LogP contribution is 1.94. The second kappa shape index (κ2) is 6.31. The minimum atomic E-state index is -1.01. The molecule has 106 valence electrons. The lowest BCUT2D eigenvalue weighted by Crippen LogP contribution is -2.34. The number of urea groups is 1. The molecule has 2 aromatic rings. The van der Waals surface area contributed by atoms with Crippen LogP contribution in [0.15, 0.2) is 18.6 Å². The van der Waals surface area contributed by atoms with E-state index in [2.05, 4.69) is 31.1 Å². The first-order valence-electron chi connectivity index (χ1n) is 5.73. The summed E-state index contributed by atoms with van der Waals surface area (Å²) in [5.41, 5.74) is 1.33. The molecule has 0 radical (unpaired) electrons. The van der Waals surface area contributed by atoms with Crippen LogP contribution in [-0.2, 0) is 24.4 Å². The van der Waals surface area contributed by atoms with E-state index < -0.39 is 5.97 Å². The number of carboxylic acids is 1. The number of amides is 2. The molecule has 2 amide bonds. The Hall–Kier alpha value is -2.91. The fraction of sp³-hybridized carbons (Fsp3) is 0.300. The van der Waals surface area contributed by atoms with E-state index in [0.29, 0.717) is 12.2 Å². The average molecular weight is 279 g/mol. The third-order valence-electron chi connectivity index (χ3n) is 2.32. The molecule has 2 rings (SSSR count). The monoisotopic (exact) mass is 279 g/mol. The molecule has 0 aliphatic carbocycles. The lowest BCUT2D eigenvalue weighted by Gasteiger charge is -2.04. The van der Waals surface area contributed by atoms with Crippen molar-refractivity contribution < 1.29 is 14.7 Å². The number of carbonyl (C=O) groups is 2. The number of hydrogen-bond donors (Lipinski definition) is 4. The van der Waals surface area contributed by atoms with Gasteiger partial charge in [-0.05, 0) is 0 Å². The predicted molar refractivity (Wildman–Crippen MR) is 65.3 cm³/mol. The van der Waals surface area contributed by atoms with E-state index in [4.69, 9.17) is 5.11 Å². The zero-order valence-electron chi connectivity index (χ0n) is 10.4. The molecule has 10 heteroatoms. The van der Waals surface area contributed by atoms with E-state index in [-0.39, 0.29) is 19.1 Å². The Labute approximate surface area is 113 Å². The summed E-state index contributed by atoms with van der Waals surface area (Å²) >= 11 is 0. The minimum absolute atomic E-state index is 0.164. The fourth-order valence-corrected chi connectivity index (χ4v) is 1.43. The van der Waals surface area contributed by atoms with E-state index in [0.717, 1.165) is 5.56 Å². The molecule has 0 aliphatic heterocycles. The number of aromatic amines is 1. The Morgan fingerprint density at radius 2 is 2.15 bits per heavy atom. The summed E-state index contributed by atoms with van der Waals surface area (Å²) in [5, 5.41) is 27.6. The number of aromatic nitrogens is 5. The van der Waals surface area contributed by atoms with Gasteiger partial charge in [0.05, 0.1) is 18.9 Å². The molecule has 0 aromatic carbocycles. The van der Waals surface area contributed by atoms with Crippen molar-refractivity contribution in [2.75, 3.05) is 0 Å². The number of nitrogens with zero attached hydrogens (tertiary/aromatic N) is 4. The van der Waals surface area contributed by atoms with Crippen LogP contribution in [0.25, 0.3) is 0 Å². The number of H-pyrrole nitrogens is 1. The second-order valence-electron chi connectivity index (χ2n) is 3.94. The third-order valence-corrected chi connectivity index (χ3v) is 2.32. The van der Waals surface area contributed by atoms with Gasteiger partial charge in [0, 0.05) is 18.3 Å². The average Bonchev–Trinajstić information content (AvgIpc) is 3.04. The smallest absolute Gasteiger partial charge is 0.325 e. The molecule has 0 saturated heterocycles. The summed E-state index contributed by atoms with van der Waals surface area (Å²) in [6.45, 7) is 0.255. The summed E-state index contributed by atoms with van der Waals surface area (Å²) in [5.74, 6) is -1.01. The van der Waals surface area contributed by atoms with Crippen molar-refractivity contribution in [2.45, 2.75) is 19.6 Å². The van der Waals surface area contributed by atoms with Gasteiger partial charge in [0.25, 0.3) is 0 Å². The van der Waals surface area contributed by atoms with Crippen LogP contribution >= 0.6 is 0 Å². The van der Waals surface area contributed by atoms with E-state index in [1.807, 2.05) is 0 Å². The van der Waals surface area contributed by atoms with Crippen LogP contribution in [0.4, 0.5) is 4.79 Å². The normalized spacial score (nSPS) is 10.2. The van der Waals surface area contributed by atoms with Crippen molar-refractivity contribution in [3.8, 4) is 0 Å². The molecule has 0 aliphatic rings. The van der Waals surface area contributed by atoms with Gasteiger partial charge in [0.1, 0.15) is 12.2 Å². The summed E-state index contributed by atoms with van der Waals surface area (Å²) in [4.78, 5) is 22.0. The molecule has 0 bridgehead atoms. The molecule has 20 heavy (non-hydrogen) atoms. The second-order valence-corrected chi connectivity index (χ2v) is 3.94. The topological polar surface area (TPSA) is 138 Å². The van der Waals surface area contributed by atoms with Crippen molar-refractivity contribution in [3.63, 3.8) is 0 Å². The van der Waals surface area contributed by atoms with Gasteiger partial charge in [0.2, 0.25) is 0 Å².